The molecule has 0 saturated heterocycles. The maximum absolute atomic E-state index is 12.4. The van der Waals surface area contributed by atoms with Gasteiger partial charge < -0.3 is 10.2 Å². The lowest BCUT2D eigenvalue weighted by atomic mass is 10.1. The molecule has 5 nitrogen and oxygen atoms in total. The summed E-state index contributed by atoms with van der Waals surface area (Å²) >= 11 is 12.2. The van der Waals surface area contributed by atoms with E-state index in [1.54, 1.807) is 43.5 Å². The van der Waals surface area contributed by atoms with Crippen LogP contribution in [0.4, 0.5) is 5.95 Å². The Morgan fingerprint density at radius 3 is 2.27 bits per heavy atom. The van der Waals surface area contributed by atoms with E-state index >= 15 is 0 Å². The van der Waals surface area contributed by atoms with Crippen molar-refractivity contribution in [1.82, 2.24) is 14.9 Å². The minimum Gasteiger partial charge on any atom is -0.357 e. The molecule has 7 heteroatoms. The standard InChI is InChI=1S/C15H16Cl2N4O/c1-9-12(16)4-11(5-13(9)17)14(22)21(3)8-10-6-19-15(18-2)20-7-10/h4-7H,8H2,1-3H3,(H,18,19,20). The van der Waals surface area contributed by atoms with E-state index in [2.05, 4.69) is 15.3 Å². The van der Waals surface area contributed by atoms with Gasteiger partial charge in [0.25, 0.3) is 5.91 Å². The highest BCUT2D eigenvalue weighted by molar-refractivity contribution is 6.36. The van der Waals surface area contributed by atoms with Crippen molar-refractivity contribution < 1.29 is 4.79 Å². The molecule has 1 amide bonds. The van der Waals surface area contributed by atoms with Crippen LogP contribution in [0.1, 0.15) is 21.5 Å². The van der Waals surface area contributed by atoms with Gasteiger partial charge in [-0.1, -0.05) is 23.2 Å². The fraction of sp³-hybridized carbons (Fsp3) is 0.267. The van der Waals surface area contributed by atoms with Gasteiger partial charge in [0.05, 0.1) is 0 Å². The second-order valence-electron chi connectivity index (χ2n) is 4.89. The summed E-state index contributed by atoms with van der Waals surface area (Å²) < 4.78 is 0. The average molecular weight is 339 g/mol. The molecular weight excluding hydrogens is 323 g/mol. The quantitative estimate of drug-likeness (QED) is 0.927. The van der Waals surface area contributed by atoms with Crippen molar-refractivity contribution in [3.8, 4) is 0 Å². The monoisotopic (exact) mass is 338 g/mol. The molecule has 1 heterocycles. The van der Waals surface area contributed by atoms with Crippen LogP contribution in [-0.2, 0) is 6.54 Å². The van der Waals surface area contributed by atoms with E-state index in [9.17, 15) is 4.79 Å². The van der Waals surface area contributed by atoms with Gasteiger partial charge in [-0.05, 0) is 24.6 Å². The maximum atomic E-state index is 12.4. The molecule has 0 atom stereocenters. The topological polar surface area (TPSA) is 58.1 Å². The highest BCUT2D eigenvalue weighted by Crippen LogP contribution is 2.26. The minimum absolute atomic E-state index is 0.165. The Labute approximate surface area is 139 Å². The number of aromatic nitrogens is 2. The predicted octanol–water partition coefficient (Wildman–Crippen LogP) is 3.41. The Balaban J connectivity index is 2.14. The van der Waals surface area contributed by atoms with Crippen LogP contribution in [0.15, 0.2) is 24.5 Å². The average Bonchev–Trinajstić information content (AvgIpc) is 2.52. The highest BCUT2D eigenvalue weighted by atomic mass is 35.5. The zero-order valence-electron chi connectivity index (χ0n) is 12.5. The summed E-state index contributed by atoms with van der Waals surface area (Å²) in [5.41, 5.74) is 2.05. The lowest BCUT2D eigenvalue weighted by molar-refractivity contribution is 0.0785. The highest BCUT2D eigenvalue weighted by Gasteiger charge is 2.15. The van der Waals surface area contributed by atoms with Crippen molar-refractivity contribution >= 4 is 35.1 Å². The third-order valence-electron chi connectivity index (χ3n) is 3.22. The van der Waals surface area contributed by atoms with Gasteiger partial charge in [-0.2, -0.15) is 0 Å². The van der Waals surface area contributed by atoms with Gasteiger partial charge in [0.15, 0.2) is 0 Å². The van der Waals surface area contributed by atoms with E-state index in [0.29, 0.717) is 28.1 Å². The number of anilines is 1. The van der Waals surface area contributed by atoms with E-state index in [0.717, 1.165) is 11.1 Å². The Morgan fingerprint density at radius 1 is 1.23 bits per heavy atom. The van der Waals surface area contributed by atoms with Crippen molar-refractivity contribution in [3.63, 3.8) is 0 Å². The first-order valence-electron chi connectivity index (χ1n) is 6.62. The number of carbonyl (C=O) groups excluding carboxylic acids is 1. The molecule has 0 saturated carbocycles. The zero-order valence-corrected chi connectivity index (χ0v) is 14.0. The fourth-order valence-electron chi connectivity index (χ4n) is 1.90. The third kappa shape index (κ3) is 3.67. The number of rotatable bonds is 4. The van der Waals surface area contributed by atoms with Crippen molar-refractivity contribution in [2.24, 2.45) is 0 Å². The van der Waals surface area contributed by atoms with Gasteiger partial charge in [0, 0.05) is 54.2 Å². The number of amides is 1. The number of halogens is 2. The number of nitrogens with one attached hydrogen (secondary N) is 1. The van der Waals surface area contributed by atoms with Gasteiger partial charge in [-0.25, -0.2) is 9.97 Å². The summed E-state index contributed by atoms with van der Waals surface area (Å²) in [5, 5.41) is 3.80. The van der Waals surface area contributed by atoms with Crippen LogP contribution in [0.5, 0.6) is 0 Å². The SMILES string of the molecule is CNc1ncc(CN(C)C(=O)c2cc(Cl)c(C)c(Cl)c2)cn1. The summed E-state index contributed by atoms with van der Waals surface area (Å²) in [5.74, 6) is 0.372. The molecule has 0 aliphatic carbocycles. The van der Waals surface area contributed by atoms with Crippen LogP contribution < -0.4 is 5.32 Å². The predicted molar refractivity (Wildman–Crippen MR) is 88.6 cm³/mol. The molecule has 2 rings (SSSR count). The van der Waals surface area contributed by atoms with E-state index in [1.807, 2.05) is 6.92 Å². The summed E-state index contributed by atoms with van der Waals surface area (Å²) in [6.07, 6.45) is 3.36. The Hall–Kier alpha value is -1.85. The van der Waals surface area contributed by atoms with Crippen LogP contribution >= 0.6 is 23.2 Å². The van der Waals surface area contributed by atoms with Crippen LogP contribution in [0.3, 0.4) is 0 Å². The Kier molecular flexibility index (Phi) is 5.21. The van der Waals surface area contributed by atoms with Gasteiger partial charge in [0.2, 0.25) is 5.95 Å². The molecule has 0 spiro atoms. The molecule has 0 aliphatic heterocycles. The summed E-state index contributed by atoms with van der Waals surface area (Å²) in [6.45, 7) is 2.20. The Morgan fingerprint density at radius 2 is 1.77 bits per heavy atom. The molecule has 116 valence electrons. The normalized spacial score (nSPS) is 10.4. The molecule has 0 fully saturated rings. The van der Waals surface area contributed by atoms with Gasteiger partial charge in [-0.3, -0.25) is 4.79 Å². The van der Waals surface area contributed by atoms with Crippen LogP contribution in [0.2, 0.25) is 10.0 Å². The van der Waals surface area contributed by atoms with E-state index < -0.39 is 0 Å². The lowest BCUT2D eigenvalue weighted by Crippen LogP contribution is -2.26. The number of nitrogens with zero attached hydrogens (tertiary/aromatic N) is 3. The van der Waals surface area contributed by atoms with E-state index in [4.69, 9.17) is 23.2 Å². The first kappa shape index (κ1) is 16.5. The molecule has 22 heavy (non-hydrogen) atoms. The zero-order chi connectivity index (χ0) is 16.3. The van der Waals surface area contributed by atoms with Crippen molar-refractivity contribution in [3.05, 3.63) is 51.3 Å². The first-order chi connectivity index (χ1) is 10.4. The molecule has 0 radical (unpaired) electrons. The number of hydrogen-bond acceptors (Lipinski definition) is 4. The number of benzene rings is 1. The smallest absolute Gasteiger partial charge is 0.254 e. The first-order valence-corrected chi connectivity index (χ1v) is 7.37. The molecule has 1 N–H and O–H groups in total. The van der Waals surface area contributed by atoms with E-state index in [1.165, 1.54) is 0 Å². The second-order valence-corrected chi connectivity index (χ2v) is 5.71. The van der Waals surface area contributed by atoms with Gasteiger partial charge in [0.1, 0.15) is 0 Å². The van der Waals surface area contributed by atoms with Crippen LogP contribution in [-0.4, -0.2) is 34.9 Å². The molecule has 1 aromatic heterocycles. The molecule has 1 aromatic carbocycles. The summed E-state index contributed by atoms with van der Waals surface area (Å²) in [7, 11) is 3.45. The number of hydrogen-bond donors (Lipinski definition) is 1. The minimum atomic E-state index is -0.165. The maximum Gasteiger partial charge on any atom is 0.254 e. The molecular formula is C15H16Cl2N4O. The van der Waals surface area contributed by atoms with Crippen LogP contribution in [0, 0.1) is 6.92 Å². The third-order valence-corrected chi connectivity index (χ3v) is 4.01. The van der Waals surface area contributed by atoms with Gasteiger partial charge >= 0.3 is 0 Å². The Bertz CT molecular complexity index is 665. The molecule has 0 unspecified atom stereocenters. The molecule has 0 aliphatic rings. The fourth-order valence-corrected chi connectivity index (χ4v) is 2.39. The largest absolute Gasteiger partial charge is 0.357 e. The van der Waals surface area contributed by atoms with Crippen molar-refractivity contribution in [2.75, 3.05) is 19.4 Å². The van der Waals surface area contributed by atoms with Crippen LogP contribution in [0.25, 0.3) is 0 Å². The van der Waals surface area contributed by atoms with Crippen molar-refractivity contribution in [2.45, 2.75) is 13.5 Å². The van der Waals surface area contributed by atoms with E-state index in [-0.39, 0.29) is 5.91 Å². The molecule has 0 bridgehead atoms. The summed E-state index contributed by atoms with van der Waals surface area (Å²) in [4.78, 5) is 22.2. The summed E-state index contributed by atoms with van der Waals surface area (Å²) in [6, 6.07) is 3.25. The molecule has 2 aromatic rings. The van der Waals surface area contributed by atoms with Gasteiger partial charge in [-0.15, -0.1) is 0 Å². The second kappa shape index (κ2) is 6.94. The number of carbonyl (C=O) groups is 1. The lowest BCUT2D eigenvalue weighted by Gasteiger charge is -2.18. The van der Waals surface area contributed by atoms with Crippen molar-refractivity contribution in [1.29, 1.82) is 0 Å².